The van der Waals surface area contributed by atoms with E-state index in [1.54, 1.807) is 19.2 Å². The summed E-state index contributed by atoms with van der Waals surface area (Å²) in [7, 11) is 1.65. The number of nitro benzene ring substituents is 1. The van der Waals surface area contributed by atoms with Gasteiger partial charge in [-0.25, -0.2) is 0 Å². The van der Waals surface area contributed by atoms with Crippen LogP contribution in [0.25, 0.3) is 0 Å². The second-order valence-electron chi connectivity index (χ2n) is 5.31. The van der Waals surface area contributed by atoms with Gasteiger partial charge in [0, 0.05) is 26.3 Å². The Morgan fingerprint density at radius 3 is 2.86 bits per heavy atom. The molecule has 0 heterocycles. The molecule has 1 aliphatic carbocycles. The third-order valence-electron chi connectivity index (χ3n) is 3.51. The molecule has 0 amide bonds. The molecule has 1 saturated carbocycles. The van der Waals surface area contributed by atoms with Gasteiger partial charge in [0.25, 0.3) is 0 Å². The highest BCUT2D eigenvalue weighted by Gasteiger charge is 2.22. The summed E-state index contributed by atoms with van der Waals surface area (Å²) < 4.78 is 10.6. The third kappa shape index (κ3) is 5.32. The van der Waals surface area contributed by atoms with E-state index in [0.29, 0.717) is 25.5 Å². The Balaban J connectivity index is 1.93. The van der Waals surface area contributed by atoms with Gasteiger partial charge in [0.05, 0.1) is 18.1 Å². The average Bonchev–Trinajstić information content (AvgIpc) is 3.28. The topological polar surface area (TPSA) is 73.6 Å². The first-order valence-electron chi connectivity index (χ1n) is 7.30. The molecular weight excluding hydrogens is 272 g/mol. The zero-order valence-corrected chi connectivity index (χ0v) is 12.3. The van der Waals surface area contributed by atoms with Gasteiger partial charge in [-0.2, -0.15) is 0 Å². The smallest absolute Gasteiger partial charge is 0.310 e. The lowest BCUT2D eigenvalue weighted by molar-refractivity contribution is -0.385. The molecule has 0 atom stereocenters. The van der Waals surface area contributed by atoms with Gasteiger partial charge in [0.15, 0.2) is 5.75 Å². The number of hydrogen-bond acceptors (Lipinski definition) is 5. The Morgan fingerprint density at radius 1 is 1.38 bits per heavy atom. The van der Waals surface area contributed by atoms with Crippen molar-refractivity contribution in [3.63, 3.8) is 0 Å². The molecule has 0 unspecified atom stereocenters. The molecule has 1 fully saturated rings. The highest BCUT2D eigenvalue weighted by Crippen LogP contribution is 2.33. The maximum atomic E-state index is 11.0. The van der Waals surface area contributed by atoms with Gasteiger partial charge < -0.3 is 14.8 Å². The summed E-state index contributed by atoms with van der Waals surface area (Å²) in [5.74, 6) is 1.12. The number of nitrogens with zero attached hydrogens (tertiary/aromatic N) is 1. The van der Waals surface area contributed by atoms with E-state index >= 15 is 0 Å². The van der Waals surface area contributed by atoms with Crippen LogP contribution in [0.5, 0.6) is 5.75 Å². The van der Waals surface area contributed by atoms with Crippen molar-refractivity contribution in [2.24, 2.45) is 5.92 Å². The molecule has 0 bridgehead atoms. The first-order valence-corrected chi connectivity index (χ1v) is 7.30. The molecule has 6 heteroatoms. The van der Waals surface area contributed by atoms with Crippen LogP contribution >= 0.6 is 0 Å². The van der Waals surface area contributed by atoms with Crippen LogP contribution in [0.2, 0.25) is 0 Å². The van der Waals surface area contributed by atoms with Gasteiger partial charge in [-0.1, -0.05) is 18.9 Å². The van der Waals surface area contributed by atoms with Crippen molar-refractivity contribution < 1.29 is 14.4 Å². The van der Waals surface area contributed by atoms with Gasteiger partial charge in [-0.15, -0.1) is 0 Å². The van der Waals surface area contributed by atoms with E-state index in [1.165, 1.54) is 18.9 Å². The number of nitrogens with one attached hydrogen (secondary N) is 1. The number of methoxy groups -OCH3 is 1. The highest BCUT2D eigenvalue weighted by atomic mass is 16.6. The molecular formula is C15H22N2O4. The Morgan fingerprint density at radius 2 is 2.19 bits per heavy atom. The number of ether oxygens (including phenoxy) is 2. The zero-order chi connectivity index (χ0) is 15.1. The standard InChI is InChI=1S/C15H22N2O4/c1-20-9-7-16-11-13-4-5-14(17(18)19)15(10-13)21-8-6-12-2-3-12/h4-5,10,12,16H,2-3,6-9,11H2,1H3. The monoisotopic (exact) mass is 294 g/mol. The maximum Gasteiger partial charge on any atom is 0.310 e. The second-order valence-corrected chi connectivity index (χ2v) is 5.31. The van der Waals surface area contributed by atoms with Crippen LogP contribution in [0.4, 0.5) is 5.69 Å². The van der Waals surface area contributed by atoms with Crippen molar-refractivity contribution in [3.8, 4) is 5.75 Å². The SMILES string of the molecule is COCCNCc1ccc([N+](=O)[O-])c(OCCC2CC2)c1. The molecule has 2 rings (SSSR count). The second kappa shape index (κ2) is 7.95. The van der Waals surface area contributed by atoms with Crippen molar-refractivity contribution in [1.82, 2.24) is 5.32 Å². The fourth-order valence-corrected chi connectivity index (χ4v) is 2.08. The summed E-state index contributed by atoms with van der Waals surface area (Å²) in [6.45, 7) is 2.56. The summed E-state index contributed by atoms with van der Waals surface area (Å²) in [5.41, 5.74) is 1.00. The lowest BCUT2D eigenvalue weighted by atomic mass is 10.2. The summed E-state index contributed by atoms with van der Waals surface area (Å²) in [5, 5.41) is 14.2. The van der Waals surface area contributed by atoms with Crippen LogP contribution in [0.3, 0.4) is 0 Å². The van der Waals surface area contributed by atoms with Crippen LogP contribution in [-0.2, 0) is 11.3 Å². The predicted molar refractivity (Wildman–Crippen MR) is 79.5 cm³/mol. The van der Waals surface area contributed by atoms with Crippen molar-refractivity contribution in [3.05, 3.63) is 33.9 Å². The van der Waals surface area contributed by atoms with Crippen LogP contribution in [0, 0.1) is 16.0 Å². The van der Waals surface area contributed by atoms with E-state index in [4.69, 9.17) is 9.47 Å². The first kappa shape index (κ1) is 15.7. The average molecular weight is 294 g/mol. The summed E-state index contributed by atoms with van der Waals surface area (Å²) in [4.78, 5) is 10.6. The Bertz CT molecular complexity index is 475. The number of rotatable bonds is 10. The lowest BCUT2D eigenvalue weighted by Gasteiger charge is -2.09. The van der Waals surface area contributed by atoms with E-state index in [-0.39, 0.29) is 5.69 Å². The van der Waals surface area contributed by atoms with Crippen LogP contribution in [0.1, 0.15) is 24.8 Å². The van der Waals surface area contributed by atoms with Crippen molar-refractivity contribution in [2.75, 3.05) is 26.9 Å². The molecule has 1 aliphatic rings. The van der Waals surface area contributed by atoms with Crippen molar-refractivity contribution >= 4 is 5.69 Å². The predicted octanol–water partition coefficient (Wildman–Crippen LogP) is 2.51. The lowest BCUT2D eigenvalue weighted by Crippen LogP contribution is -2.18. The Kier molecular flexibility index (Phi) is 5.95. The maximum absolute atomic E-state index is 11.0. The highest BCUT2D eigenvalue weighted by molar-refractivity contribution is 5.48. The van der Waals surface area contributed by atoms with Crippen LogP contribution in [0.15, 0.2) is 18.2 Å². The number of nitro groups is 1. The summed E-state index contributed by atoms with van der Waals surface area (Å²) in [6.07, 6.45) is 3.50. The Labute approximate surface area is 124 Å². The zero-order valence-electron chi connectivity index (χ0n) is 12.3. The fourth-order valence-electron chi connectivity index (χ4n) is 2.08. The normalized spacial score (nSPS) is 14.1. The molecule has 21 heavy (non-hydrogen) atoms. The van der Waals surface area contributed by atoms with Crippen LogP contribution < -0.4 is 10.1 Å². The Hall–Kier alpha value is -1.66. The van der Waals surface area contributed by atoms with E-state index in [2.05, 4.69) is 5.32 Å². The molecule has 1 aromatic carbocycles. The van der Waals surface area contributed by atoms with Gasteiger partial charge >= 0.3 is 5.69 Å². The molecule has 1 N–H and O–H groups in total. The molecule has 0 saturated heterocycles. The van der Waals surface area contributed by atoms with Gasteiger partial charge in [0.2, 0.25) is 0 Å². The van der Waals surface area contributed by atoms with Gasteiger partial charge in [-0.3, -0.25) is 10.1 Å². The van der Waals surface area contributed by atoms with E-state index in [9.17, 15) is 10.1 Å². The quantitative estimate of drug-likeness (QED) is 0.408. The summed E-state index contributed by atoms with van der Waals surface area (Å²) >= 11 is 0. The minimum atomic E-state index is -0.394. The van der Waals surface area contributed by atoms with Crippen molar-refractivity contribution in [1.29, 1.82) is 0 Å². The molecule has 6 nitrogen and oxygen atoms in total. The molecule has 0 radical (unpaired) electrons. The largest absolute Gasteiger partial charge is 0.487 e. The molecule has 1 aromatic rings. The van der Waals surface area contributed by atoms with Crippen LogP contribution in [-0.4, -0.2) is 31.8 Å². The fraction of sp³-hybridized carbons (Fsp3) is 0.600. The number of benzene rings is 1. The molecule has 0 aromatic heterocycles. The summed E-state index contributed by atoms with van der Waals surface area (Å²) in [6, 6.07) is 5.02. The van der Waals surface area contributed by atoms with E-state index in [1.807, 2.05) is 0 Å². The molecule has 0 spiro atoms. The number of hydrogen-bond donors (Lipinski definition) is 1. The third-order valence-corrected chi connectivity index (χ3v) is 3.51. The van der Waals surface area contributed by atoms with E-state index < -0.39 is 4.92 Å². The van der Waals surface area contributed by atoms with Gasteiger partial charge in [0.1, 0.15) is 0 Å². The minimum Gasteiger partial charge on any atom is -0.487 e. The van der Waals surface area contributed by atoms with E-state index in [0.717, 1.165) is 24.4 Å². The first-order chi connectivity index (χ1) is 10.2. The molecule has 0 aliphatic heterocycles. The van der Waals surface area contributed by atoms with Crippen molar-refractivity contribution in [2.45, 2.75) is 25.8 Å². The molecule has 116 valence electrons. The van der Waals surface area contributed by atoms with Gasteiger partial charge in [-0.05, 0) is 24.0 Å². The minimum absolute atomic E-state index is 0.0337.